The van der Waals surface area contributed by atoms with Crippen LogP contribution >= 0.6 is 0 Å². The Morgan fingerprint density at radius 3 is 2.15 bits per heavy atom. The monoisotopic (exact) mass is 282 g/mol. The molecule has 2 aliphatic carbocycles. The van der Waals surface area contributed by atoms with Gasteiger partial charge in [0.1, 0.15) is 0 Å². The minimum atomic E-state index is 0.0119. The molecule has 118 valence electrons. The molecule has 2 saturated carbocycles. The Morgan fingerprint density at radius 1 is 1.10 bits per heavy atom. The SMILES string of the molecule is CC(C)CN(CC(C)C)C1CCC(CO)(NC2CC2)C1. The smallest absolute Gasteiger partial charge is 0.0614 e. The highest BCUT2D eigenvalue weighted by molar-refractivity contribution is 5.03. The predicted octanol–water partition coefficient (Wildman–Crippen LogP) is 2.64. The van der Waals surface area contributed by atoms with Crippen molar-refractivity contribution < 1.29 is 5.11 Å². The van der Waals surface area contributed by atoms with Gasteiger partial charge in [0, 0.05) is 30.7 Å². The average Bonchev–Trinajstić information content (AvgIpc) is 3.05. The normalized spacial score (nSPS) is 30.9. The molecule has 0 aromatic rings. The lowest BCUT2D eigenvalue weighted by Gasteiger charge is -2.34. The van der Waals surface area contributed by atoms with Crippen molar-refractivity contribution in [2.45, 2.75) is 77.4 Å². The lowest BCUT2D eigenvalue weighted by Crippen LogP contribution is -2.49. The molecule has 0 aromatic heterocycles. The molecule has 0 bridgehead atoms. The number of hydrogen-bond donors (Lipinski definition) is 2. The summed E-state index contributed by atoms with van der Waals surface area (Å²) in [5, 5.41) is 13.6. The number of rotatable bonds is 8. The van der Waals surface area contributed by atoms with Gasteiger partial charge in [0.15, 0.2) is 0 Å². The van der Waals surface area contributed by atoms with Gasteiger partial charge in [-0.2, -0.15) is 0 Å². The van der Waals surface area contributed by atoms with Gasteiger partial charge in [-0.3, -0.25) is 4.90 Å². The summed E-state index contributed by atoms with van der Waals surface area (Å²) in [5.74, 6) is 1.43. The quantitative estimate of drug-likeness (QED) is 0.718. The largest absolute Gasteiger partial charge is 0.394 e. The molecule has 2 aliphatic rings. The summed E-state index contributed by atoms with van der Waals surface area (Å²) in [7, 11) is 0. The zero-order valence-corrected chi connectivity index (χ0v) is 13.9. The van der Waals surface area contributed by atoms with Crippen molar-refractivity contribution in [1.82, 2.24) is 10.2 Å². The van der Waals surface area contributed by atoms with Crippen LogP contribution in [0.1, 0.15) is 59.8 Å². The summed E-state index contributed by atoms with van der Waals surface area (Å²) >= 11 is 0. The maximum Gasteiger partial charge on any atom is 0.0614 e. The number of nitrogens with zero attached hydrogens (tertiary/aromatic N) is 1. The molecule has 2 fully saturated rings. The summed E-state index contributed by atoms with van der Waals surface area (Å²) in [6.07, 6.45) is 6.10. The van der Waals surface area contributed by atoms with Crippen LogP contribution in [0.5, 0.6) is 0 Å². The number of aliphatic hydroxyl groups is 1. The van der Waals surface area contributed by atoms with Gasteiger partial charge >= 0.3 is 0 Å². The fourth-order valence-corrected chi connectivity index (χ4v) is 3.70. The van der Waals surface area contributed by atoms with Crippen LogP contribution in [0.4, 0.5) is 0 Å². The van der Waals surface area contributed by atoms with Gasteiger partial charge in [-0.1, -0.05) is 27.7 Å². The van der Waals surface area contributed by atoms with Crippen LogP contribution in [0, 0.1) is 11.8 Å². The molecule has 2 rings (SSSR count). The van der Waals surface area contributed by atoms with Crippen LogP contribution in [-0.4, -0.2) is 47.3 Å². The topological polar surface area (TPSA) is 35.5 Å². The van der Waals surface area contributed by atoms with E-state index in [1.54, 1.807) is 0 Å². The van der Waals surface area contributed by atoms with E-state index in [1.165, 1.54) is 32.4 Å². The molecule has 20 heavy (non-hydrogen) atoms. The lowest BCUT2D eigenvalue weighted by molar-refractivity contribution is 0.126. The van der Waals surface area contributed by atoms with E-state index in [0.29, 0.717) is 30.5 Å². The molecule has 0 saturated heterocycles. The van der Waals surface area contributed by atoms with Crippen molar-refractivity contribution in [3.63, 3.8) is 0 Å². The van der Waals surface area contributed by atoms with E-state index in [9.17, 15) is 5.11 Å². The first-order valence-electron chi connectivity index (χ1n) is 8.57. The van der Waals surface area contributed by atoms with Crippen molar-refractivity contribution in [3.05, 3.63) is 0 Å². The van der Waals surface area contributed by atoms with E-state index in [4.69, 9.17) is 0 Å². The Hall–Kier alpha value is -0.120. The Balaban J connectivity index is 1.95. The van der Waals surface area contributed by atoms with E-state index in [0.717, 1.165) is 12.8 Å². The second-order valence-corrected chi connectivity index (χ2v) is 8.00. The van der Waals surface area contributed by atoms with Gasteiger partial charge in [-0.25, -0.2) is 0 Å². The molecule has 3 heteroatoms. The average molecular weight is 282 g/mol. The van der Waals surface area contributed by atoms with E-state index in [2.05, 4.69) is 37.9 Å². The van der Waals surface area contributed by atoms with Crippen LogP contribution in [0.2, 0.25) is 0 Å². The van der Waals surface area contributed by atoms with E-state index < -0.39 is 0 Å². The van der Waals surface area contributed by atoms with Crippen LogP contribution in [0.3, 0.4) is 0 Å². The molecule has 2 N–H and O–H groups in total. The second kappa shape index (κ2) is 6.76. The van der Waals surface area contributed by atoms with Crippen LogP contribution in [0.15, 0.2) is 0 Å². The molecule has 2 unspecified atom stereocenters. The zero-order valence-electron chi connectivity index (χ0n) is 13.9. The molecule has 0 aliphatic heterocycles. The third-order valence-electron chi connectivity index (χ3n) is 4.69. The van der Waals surface area contributed by atoms with Crippen LogP contribution < -0.4 is 5.32 Å². The zero-order chi connectivity index (χ0) is 14.8. The Morgan fingerprint density at radius 2 is 1.70 bits per heavy atom. The molecular formula is C17H34N2O. The summed E-state index contributed by atoms with van der Waals surface area (Å²) in [5.41, 5.74) is 0.0119. The minimum Gasteiger partial charge on any atom is -0.394 e. The van der Waals surface area contributed by atoms with Gasteiger partial charge in [-0.05, 0) is 43.9 Å². The molecule has 2 atom stereocenters. The molecule has 0 aromatic carbocycles. The maximum atomic E-state index is 9.88. The molecule has 0 radical (unpaired) electrons. The van der Waals surface area contributed by atoms with Gasteiger partial charge in [0.05, 0.1) is 6.61 Å². The van der Waals surface area contributed by atoms with Crippen LogP contribution in [-0.2, 0) is 0 Å². The molecule has 0 spiro atoms. The molecular weight excluding hydrogens is 248 g/mol. The maximum absolute atomic E-state index is 9.88. The molecule has 0 amide bonds. The molecule has 0 heterocycles. The van der Waals surface area contributed by atoms with Gasteiger partial charge in [-0.15, -0.1) is 0 Å². The lowest BCUT2D eigenvalue weighted by atomic mass is 9.97. The highest BCUT2D eigenvalue weighted by Gasteiger charge is 2.43. The fraction of sp³-hybridized carbons (Fsp3) is 1.00. The standard InChI is InChI=1S/C17H34N2O/c1-13(2)10-19(11-14(3)4)16-7-8-17(9-16,12-20)18-15-5-6-15/h13-16,18,20H,5-12H2,1-4H3. The van der Waals surface area contributed by atoms with E-state index in [1.807, 2.05) is 0 Å². The summed E-state index contributed by atoms with van der Waals surface area (Å²) in [4.78, 5) is 2.68. The van der Waals surface area contributed by atoms with Gasteiger partial charge in [0.25, 0.3) is 0 Å². The summed E-state index contributed by atoms with van der Waals surface area (Å²) in [6, 6.07) is 1.34. The first kappa shape index (κ1) is 16.3. The molecule has 3 nitrogen and oxygen atoms in total. The van der Waals surface area contributed by atoms with Crippen molar-refractivity contribution in [2.24, 2.45) is 11.8 Å². The number of nitrogens with one attached hydrogen (secondary N) is 1. The van der Waals surface area contributed by atoms with Crippen molar-refractivity contribution in [3.8, 4) is 0 Å². The highest BCUT2D eigenvalue weighted by Crippen LogP contribution is 2.36. The third kappa shape index (κ3) is 4.44. The Kier molecular flexibility index (Phi) is 5.49. The minimum absolute atomic E-state index is 0.0119. The van der Waals surface area contributed by atoms with E-state index >= 15 is 0 Å². The van der Waals surface area contributed by atoms with Crippen molar-refractivity contribution in [1.29, 1.82) is 0 Å². The van der Waals surface area contributed by atoms with Crippen molar-refractivity contribution in [2.75, 3.05) is 19.7 Å². The van der Waals surface area contributed by atoms with E-state index in [-0.39, 0.29) is 5.54 Å². The number of aliphatic hydroxyl groups excluding tert-OH is 1. The number of hydrogen-bond acceptors (Lipinski definition) is 3. The Bertz CT molecular complexity index is 291. The third-order valence-corrected chi connectivity index (χ3v) is 4.69. The summed E-state index contributed by atoms with van der Waals surface area (Å²) < 4.78 is 0. The summed E-state index contributed by atoms with van der Waals surface area (Å²) in [6.45, 7) is 11.9. The first-order chi connectivity index (χ1) is 9.44. The van der Waals surface area contributed by atoms with Crippen molar-refractivity contribution >= 4 is 0 Å². The first-order valence-corrected chi connectivity index (χ1v) is 8.57. The van der Waals surface area contributed by atoms with Gasteiger partial charge < -0.3 is 10.4 Å². The highest BCUT2D eigenvalue weighted by atomic mass is 16.3. The van der Waals surface area contributed by atoms with Gasteiger partial charge in [0.2, 0.25) is 0 Å². The second-order valence-electron chi connectivity index (χ2n) is 8.00. The fourth-order valence-electron chi connectivity index (χ4n) is 3.70. The van der Waals surface area contributed by atoms with Crippen LogP contribution in [0.25, 0.3) is 0 Å². The predicted molar refractivity (Wildman–Crippen MR) is 84.9 cm³/mol. The Labute approximate surface area is 125 Å².